The molecule has 0 heterocycles. The van der Waals surface area contributed by atoms with E-state index in [2.05, 4.69) is 23.5 Å². The van der Waals surface area contributed by atoms with Gasteiger partial charge in [0, 0.05) is 0 Å². The van der Waals surface area contributed by atoms with Gasteiger partial charge in [0.05, 0.1) is 18.0 Å². The molecule has 2 aromatic rings. The molecule has 5 nitrogen and oxygen atoms in total. The zero-order valence-corrected chi connectivity index (χ0v) is 19.8. The Bertz CT molecular complexity index is 1030. The standard InChI is InChI=1S/C25H34N2O3S/c1-5-23(21-15-14-19-10-6-7-11-20(19)16-21)26-25(28)17-27(31(4,29)30)24-13-9-8-12-22(24)18(2)3/h8-9,12-16,18,23H,5-7,10-11,17H2,1-4H3,(H,26,28)/t23-/m1/s1. The maximum Gasteiger partial charge on any atom is 0.241 e. The molecule has 0 radical (unpaired) electrons. The van der Waals surface area contributed by atoms with Crippen LogP contribution in [0.5, 0.6) is 0 Å². The number of nitrogens with zero attached hydrogens (tertiary/aromatic N) is 1. The van der Waals surface area contributed by atoms with Crippen LogP contribution in [0.15, 0.2) is 42.5 Å². The quantitative estimate of drug-likeness (QED) is 0.643. The molecule has 1 aliphatic rings. The number of benzene rings is 2. The van der Waals surface area contributed by atoms with Crippen molar-refractivity contribution in [2.45, 2.75) is 64.8 Å². The van der Waals surface area contributed by atoms with Crippen molar-refractivity contribution in [2.24, 2.45) is 0 Å². The Morgan fingerprint density at radius 1 is 1.06 bits per heavy atom. The molecule has 3 rings (SSSR count). The number of para-hydroxylation sites is 1. The highest BCUT2D eigenvalue weighted by atomic mass is 32.2. The number of amides is 1. The molecule has 6 heteroatoms. The smallest absolute Gasteiger partial charge is 0.241 e. The van der Waals surface area contributed by atoms with Gasteiger partial charge in [-0.3, -0.25) is 9.10 Å². The zero-order chi connectivity index (χ0) is 22.6. The van der Waals surface area contributed by atoms with E-state index in [0.717, 1.165) is 36.6 Å². The number of carbonyl (C=O) groups is 1. The highest BCUT2D eigenvalue weighted by molar-refractivity contribution is 7.92. The molecule has 1 atom stereocenters. The zero-order valence-electron chi connectivity index (χ0n) is 19.0. The van der Waals surface area contributed by atoms with Crippen molar-refractivity contribution >= 4 is 21.6 Å². The Hall–Kier alpha value is -2.34. The number of nitrogens with one attached hydrogen (secondary N) is 1. The molecule has 31 heavy (non-hydrogen) atoms. The molecule has 1 aliphatic carbocycles. The highest BCUT2D eigenvalue weighted by Gasteiger charge is 2.25. The number of rotatable bonds is 8. The number of carbonyl (C=O) groups excluding carboxylic acids is 1. The average Bonchev–Trinajstić information content (AvgIpc) is 2.74. The average molecular weight is 443 g/mol. The summed E-state index contributed by atoms with van der Waals surface area (Å²) in [5, 5.41) is 3.07. The predicted molar refractivity (Wildman–Crippen MR) is 127 cm³/mol. The van der Waals surface area contributed by atoms with Gasteiger partial charge in [-0.2, -0.15) is 0 Å². The Morgan fingerprint density at radius 2 is 1.74 bits per heavy atom. The Kier molecular flexibility index (Phi) is 7.42. The lowest BCUT2D eigenvalue weighted by Crippen LogP contribution is -2.42. The van der Waals surface area contributed by atoms with Gasteiger partial charge in [-0.05, 0) is 66.3 Å². The van der Waals surface area contributed by atoms with Crippen molar-refractivity contribution in [2.75, 3.05) is 17.1 Å². The van der Waals surface area contributed by atoms with E-state index in [1.807, 2.05) is 32.9 Å². The van der Waals surface area contributed by atoms with Gasteiger partial charge in [0.25, 0.3) is 0 Å². The van der Waals surface area contributed by atoms with Gasteiger partial charge in [0.1, 0.15) is 6.54 Å². The van der Waals surface area contributed by atoms with Crippen LogP contribution in [0, 0.1) is 0 Å². The van der Waals surface area contributed by atoms with Crippen molar-refractivity contribution < 1.29 is 13.2 Å². The maximum atomic E-state index is 13.0. The number of hydrogen-bond donors (Lipinski definition) is 1. The molecule has 2 aromatic carbocycles. The van der Waals surface area contributed by atoms with Crippen LogP contribution in [0.2, 0.25) is 0 Å². The lowest BCUT2D eigenvalue weighted by atomic mass is 9.89. The van der Waals surface area contributed by atoms with E-state index in [1.165, 1.54) is 28.3 Å². The third kappa shape index (κ3) is 5.67. The second-order valence-corrected chi connectivity index (χ2v) is 10.7. The first-order valence-electron chi connectivity index (χ1n) is 11.2. The van der Waals surface area contributed by atoms with Crippen molar-refractivity contribution in [3.8, 4) is 0 Å². The first-order chi connectivity index (χ1) is 14.7. The predicted octanol–water partition coefficient (Wildman–Crippen LogP) is 4.72. The molecule has 0 bridgehead atoms. The topological polar surface area (TPSA) is 66.5 Å². The summed E-state index contributed by atoms with van der Waals surface area (Å²) < 4.78 is 26.4. The van der Waals surface area contributed by atoms with Crippen molar-refractivity contribution in [1.29, 1.82) is 0 Å². The molecule has 168 valence electrons. The van der Waals surface area contributed by atoms with Crippen LogP contribution in [0.25, 0.3) is 0 Å². The summed E-state index contributed by atoms with van der Waals surface area (Å²) in [4.78, 5) is 13.0. The molecule has 0 aromatic heterocycles. The van der Waals surface area contributed by atoms with Gasteiger partial charge in [-0.1, -0.05) is 57.2 Å². The van der Waals surface area contributed by atoms with Crippen molar-refractivity contribution in [3.05, 3.63) is 64.7 Å². The monoisotopic (exact) mass is 442 g/mol. The van der Waals surface area contributed by atoms with Gasteiger partial charge in [0.15, 0.2) is 0 Å². The van der Waals surface area contributed by atoms with Crippen LogP contribution >= 0.6 is 0 Å². The largest absolute Gasteiger partial charge is 0.348 e. The minimum atomic E-state index is -3.62. The van der Waals surface area contributed by atoms with Crippen molar-refractivity contribution in [1.82, 2.24) is 5.32 Å². The molecule has 0 aliphatic heterocycles. The van der Waals surface area contributed by atoms with Crippen LogP contribution < -0.4 is 9.62 Å². The first kappa shape index (κ1) is 23.3. The minimum Gasteiger partial charge on any atom is -0.348 e. The highest BCUT2D eigenvalue weighted by Crippen LogP contribution is 2.29. The second kappa shape index (κ2) is 9.86. The summed E-state index contributed by atoms with van der Waals surface area (Å²) in [5.41, 5.74) is 5.34. The van der Waals surface area contributed by atoms with E-state index >= 15 is 0 Å². The van der Waals surface area contributed by atoms with Gasteiger partial charge < -0.3 is 5.32 Å². The fraction of sp³-hybridized carbons (Fsp3) is 0.480. The molecule has 0 unspecified atom stereocenters. The third-order valence-electron chi connectivity index (χ3n) is 6.03. The van der Waals surface area contributed by atoms with Gasteiger partial charge in [0.2, 0.25) is 15.9 Å². The third-order valence-corrected chi connectivity index (χ3v) is 7.16. The van der Waals surface area contributed by atoms with E-state index in [1.54, 1.807) is 12.1 Å². The van der Waals surface area contributed by atoms with E-state index in [-0.39, 0.29) is 24.4 Å². The fourth-order valence-corrected chi connectivity index (χ4v) is 5.22. The van der Waals surface area contributed by atoms with Crippen LogP contribution in [0.4, 0.5) is 5.69 Å². The molecule has 0 saturated carbocycles. The minimum absolute atomic E-state index is 0.138. The summed E-state index contributed by atoms with van der Waals surface area (Å²) in [6.07, 6.45) is 6.54. The van der Waals surface area contributed by atoms with Crippen LogP contribution in [-0.4, -0.2) is 27.1 Å². The number of hydrogen-bond acceptors (Lipinski definition) is 3. The lowest BCUT2D eigenvalue weighted by molar-refractivity contribution is -0.120. The number of aryl methyl sites for hydroxylation is 2. The SMILES string of the molecule is CC[C@@H](NC(=O)CN(c1ccccc1C(C)C)S(C)(=O)=O)c1ccc2c(c1)CCCC2. The summed E-state index contributed by atoms with van der Waals surface area (Å²) in [5.74, 6) is -0.157. The number of fused-ring (bicyclic) bond motifs is 1. The maximum absolute atomic E-state index is 13.0. The molecule has 0 fully saturated rings. The van der Waals surface area contributed by atoms with E-state index in [0.29, 0.717) is 5.69 Å². The Balaban J connectivity index is 1.81. The summed E-state index contributed by atoms with van der Waals surface area (Å²) in [7, 11) is -3.62. The van der Waals surface area contributed by atoms with Gasteiger partial charge in [-0.25, -0.2) is 8.42 Å². The normalized spacial score (nSPS) is 14.7. The summed E-state index contributed by atoms with van der Waals surface area (Å²) in [6.45, 7) is 5.84. The van der Waals surface area contributed by atoms with E-state index in [4.69, 9.17) is 0 Å². The number of sulfonamides is 1. The first-order valence-corrected chi connectivity index (χ1v) is 13.0. The number of anilines is 1. The van der Waals surface area contributed by atoms with Gasteiger partial charge >= 0.3 is 0 Å². The van der Waals surface area contributed by atoms with E-state index in [9.17, 15) is 13.2 Å². The summed E-state index contributed by atoms with van der Waals surface area (Å²) >= 11 is 0. The fourth-order valence-electron chi connectivity index (χ4n) is 4.35. The van der Waals surface area contributed by atoms with Crippen LogP contribution in [0.3, 0.4) is 0 Å². The molecular weight excluding hydrogens is 408 g/mol. The van der Waals surface area contributed by atoms with Gasteiger partial charge in [-0.15, -0.1) is 0 Å². The molecule has 0 saturated heterocycles. The van der Waals surface area contributed by atoms with Crippen LogP contribution in [0.1, 0.15) is 74.2 Å². The van der Waals surface area contributed by atoms with Crippen molar-refractivity contribution in [3.63, 3.8) is 0 Å². The second-order valence-electron chi connectivity index (χ2n) is 8.75. The van der Waals surface area contributed by atoms with Crippen LogP contribution in [-0.2, 0) is 27.7 Å². The molecular formula is C25H34N2O3S. The molecule has 1 amide bonds. The molecule has 0 spiro atoms. The Labute approximate surface area is 186 Å². The lowest BCUT2D eigenvalue weighted by Gasteiger charge is -2.27. The Morgan fingerprint density at radius 3 is 2.39 bits per heavy atom. The molecule has 1 N–H and O–H groups in total. The van der Waals surface area contributed by atoms with E-state index < -0.39 is 10.0 Å². The summed E-state index contributed by atoms with van der Waals surface area (Å²) in [6, 6.07) is 13.7.